The molecule has 0 saturated heterocycles. The number of tetrazole rings is 1. The van der Waals surface area contributed by atoms with Crippen LogP contribution in [0.25, 0.3) is 11.3 Å². The number of aromatic nitrogens is 4. The topological polar surface area (TPSA) is 79.1 Å². The predicted molar refractivity (Wildman–Crippen MR) is 70.0 cm³/mol. The number of fused-ring (bicyclic) bond motifs is 3. The zero-order valence-corrected chi connectivity index (χ0v) is 11.0. The molecule has 2 aromatic rings. The minimum absolute atomic E-state index is 0.394. The highest BCUT2D eigenvalue weighted by molar-refractivity contribution is 6.05. The zero-order valence-electron chi connectivity index (χ0n) is 11.0. The van der Waals surface area contributed by atoms with E-state index in [1.807, 2.05) is 12.1 Å². The number of carbonyl (C=O) groups is 1. The van der Waals surface area contributed by atoms with Crippen molar-refractivity contribution in [1.82, 2.24) is 20.2 Å². The molecule has 1 aliphatic rings. The summed E-state index contributed by atoms with van der Waals surface area (Å²) in [7, 11) is 3.12. The van der Waals surface area contributed by atoms with E-state index in [9.17, 15) is 4.79 Å². The molecule has 0 unspecified atom stereocenters. The lowest BCUT2D eigenvalue weighted by molar-refractivity contribution is -0.103. The van der Waals surface area contributed by atoms with Crippen LogP contribution in [0.4, 0.5) is 0 Å². The van der Waals surface area contributed by atoms with Crippen LogP contribution < -0.4 is 9.47 Å². The van der Waals surface area contributed by atoms with Crippen molar-refractivity contribution >= 4 is 11.9 Å². The molecule has 0 radical (unpaired) electrons. The number of aldehydes is 1. The third kappa shape index (κ3) is 1.67. The molecule has 7 nitrogen and oxygen atoms in total. The summed E-state index contributed by atoms with van der Waals surface area (Å²) in [6.45, 7) is 0. The first-order chi connectivity index (χ1) is 9.80. The first-order valence-electron chi connectivity index (χ1n) is 5.98. The fraction of sp³-hybridized carbons (Fsp3) is 0.231. The quantitative estimate of drug-likeness (QED) is 0.770. The van der Waals surface area contributed by atoms with E-state index in [2.05, 4.69) is 15.5 Å². The number of hydrogen-bond acceptors (Lipinski definition) is 6. The second-order valence-corrected chi connectivity index (χ2v) is 4.20. The highest BCUT2D eigenvalue weighted by Crippen LogP contribution is 2.38. The molecule has 1 aliphatic heterocycles. The second kappa shape index (κ2) is 4.76. The van der Waals surface area contributed by atoms with Crippen LogP contribution in [-0.2, 0) is 11.2 Å². The van der Waals surface area contributed by atoms with Crippen LogP contribution in [0.2, 0.25) is 0 Å². The first-order valence-corrected chi connectivity index (χ1v) is 5.98. The Morgan fingerprint density at radius 3 is 2.85 bits per heavy atom. The maximum atomic E-state index is 11.2. The Balaban J connectivity index is 2.33. The fourth-order valence-electron chi connectivity index (χ4n) is 2.28. The summed E-state index contributed by atoms with van der Waals surface area (Å²) >= 11 is 0. The Labute approximate surface area is 114 Å². The molecule has 0 spiro atoms. The summed E-state index contributed by atoms with van der Waals surface area (Å²) in [6.07, 6.45) is 3.12. The summed E-state index contributed by atoms with van der Waals surface area (Å²) in [5.74, 6) is 1.52. The van der Waals surface area contributed by atoms with E-state index in [-0.39, 0.29) is 0 Å². The van der Waals surface area contributed by atoms with Crippen molar-refractivity contribution in [2.45, 2.75) is 6.42 Å². The van der Waals surface area contributed by atoms with Gasteiger partial charge in [0, 0.05) is 0 Å². The van der Waals surface area contributed by atoms with E-state index in [1.54, 1.807) is 20.3 Å². The summed E-state index contributed by atoms with van der Waals surface area (Å²) < 4.78 is 12.2. The Morgan fingerprint density at radius 2 is 2.15 bits per heavy atom. The number of benzene rings is 1. The number of carbonyl (C=O) groups excluding carboxylic acids is 1. The van der Waals surface area contributed by atoms with Gasteiger partial charge in [0.2, 0.25) is 0 Å². The Kier molecular flexibility index (Phi) is 2.94. The van der Waals surface area contributed by atoms with E-state index in [1.165, 1.54) is 4.68 Å². The minimum atomic E-state index is 0.394. The van der Waals surface area contributed by atoms with Crippen LogP contribution in [0.15, 0.2) is 18.2 Å². The van der Waals surface area contributed by atoms with Crippen LogP contribution >= 0.6 is 0 Å². The van der Waals surface area contributed by atoms with Gasteiger partial charge in [-0.15, -0.1) is 5.10 Å². The smallest absolute Gasteiger partial charge is 0.190 e. The molecule has 3 rings (SSSR count). The monoisotopic (exact) mass is 272 g/mol. The molecule has 1 aromatic carbocycles. The van der Waals surface area contributed by atoms with E-state index in [4.69, 9.17) is 9.47 Å². The van der Waals surface area contributed by atoms with Crippen LogP contribution in [0, 0.1) is 0 Å². The lowest BCUT2D eigenvalue weighted by Gasteiger charge is -2.15. The second-order valence-electron chi connectivity index (χ2n) is 4.20. The molecular weight excluding hydrogens is 260 g/mol. The molecule has 0 bridgehead atoms. The van der Waals surface area contributed by atoms with E-state index < -0.39 is 0 Å². The van der Waals surface area contributed by atoms with Gasteiger partial charge in [0.1, 0.15) is 5.69 Å². The Hall–Kier alpha value is -2.70. The molecule has 0 amide bonds. The van der Waals surface area contributed by atoms with Gasteiger partial charge in [-0.2, -0.15) is 4.68 Å². The largest absolute Gasteiger partial charge is 0.493 e. The van der Waals surface area contributed by atoms with Crippen molar-refractivity contribution in [1.29, 1.82) is 0 Å². The molecule has 0 atom stereocenters. The average molecular weight is 272 g/mol. The molecule has 102 valence electrons. The highest BCUT2D eigenvalue weighted by atomic mass is 16.5. The number of hydrogen-bond donors (Lipinski definition) is 0. The van der Waals surface area contributed by atoms with Crippen LogP contribution in [-0.4, -0.2) is 40.7 Å². The maximum absolute atomic E-state index is 11.2. The molecule has 2 heterocycles. The molecule has 1 aromatic heterocycles. The molecule has 20 heavy (non-hydrogen) atoms. The third-order valence-electron chi connectivity index (χ3n) is 3.21. The molecule has 0 saturated carbocycles. The number of ether oxygens (including phenoxy) is 2. The fourth-order valence-corrected chi connectivity index (χ4v) is 2.28. The predicted octanol–water partition coefficient (Wildman–Crippen LogP) is 0.818. The van der Waals surface area contributed by atoms with Gasteiger partial charge < -0.3 is 9.47 Å². The Morgan fingerprint density at radius 1 is 1.30 bits per heavy atom. The standard InChI is InChI=1S/C13H12N4O3/c1-19-10-6-5-8-3-4-9(7-18)13-14-15-16-17(13)11(8)12(10)20-2/h4-7H,3H2,1-2H3. The van der Waals surface area contributed by atoms with Crippen LogP contribution in [0.1, 0.15) is 11.4 Å². The van der Waals surface area contributed by atoms with Gasteiger partial charge in [-0.3, -0.25) is 4.79 Å². The SMILES string of the molecule is COc1ccc2c(c1OC)-n1nnnc1C(C=O)=CC2. The van der Waals surface area contributed by atoms with E-state index in [0.717, 1.165) is 11.8 Å². The Bertz CT molecular complexity index is 706. The lowest BCUT2D eigenvalue weighted by atomic mass is 10.1. The molecular formula is C13H12N4O3. The van der Waals surface area contributed by atoms with Gasteiger partial charge in [0.05, 0.1) is 19.8 Å². The third-order valence-corrected chi connectivity index (χ3v) is 3.21. The highest BCUT2D eigenvalue weighted by Gasteiger charge is 2.24. The van der Waals surface area contributed by atoms with Crippen molar-refractivity contribution in [2.24, 2.45) is 0 Å². The van der Waals surface area contributed by atoms with Gasteiger partial charge in [-0.25, -0.2) is 0 Å². The average Bonchev–Trinajstić information content (AvgIpc) is 2.90. The molecule has 0 N–H and O–H groups in total. The van der Waals surface area contributed by atoms with Crippen molar-refractivity contribution in [3.8, 4) is 17.2 Å². The molecule has 7 heteroatoms. The van der Waals surface area contributed by atoms with Gasteiger partial charge in [0.25, 0.3) is 0 Å². The number of methoxy groups -OCH3 is 2. The number of allylic oxidation sites excluding steroid dienone is 2. The first kappa shape index (κ1) is 12.3. The summed E-state index contributed by atoms with van der Waals surface area (Å²) in [5, 5.41) is 11.5. The van der Waals surface area contributed by atoms with Gasteiger partial charge >= 0.3 is 0 Å². The zero-order chi connectivity index (χ0) is 14.1. The number of nitrogens with zero attached hydrogens (tertiary/aromatic N) is 4. The van der Waals surface area contributed by atoms with Crippen molar-refractivity contribution in [3.05, 3.63) is 29.6 Å². The normalized spacial score (nSPS) is 12.8. The minimum Gasteiger partial charge on any atom is -0.493 e. The maximum Gasteiger partial charge on any atom is 0.190 e. The molecule has 0 fully saturated rings. The van der Waals surface area contributed by atoms with E-state index in [0.29, 0.717) is 35.0 Å². The van der Waals surface area contributed by atoms with Gasteiger partial charge in [0.15, 0.2) is 23.6 Å². The van der Waals surface area contributed by atoms with Gasteiger partial charge in [-0.1, -0.05) is 12.1 Å². The van der Waals surface area contributed by atoms with Crippen molar-refractivity contribution in [3.63, 3.8) is 0 Å². The lowest BCUT2D eigenvalue weighted by Crippen LogP contribution is -2.07. The summed E-state index contributed by atoms with van der Waals surface area (Å²) in [6, 6.07) is 3.73. The van der Waals surface area contributed by atoms with Gasteiger partial charge in [-0.05, 0) is 28.5 Å². The van der Waals surface area contributed by atoms with E-state index >= 15 is 0 Å². The van der Waals surface area contributed by atoms with Crippen LogP contribution in [0.5, 0.6) is 11.5 Å². The number of rotatable bonds is 3. The summed E-state index contributed by atoms with van der Waals surface area (Å²) in [5.41, 5.74) is 2.10. The molecule has 0 aliphatic carbocycles. The van der Waals surface area contributed by atoms with Crippen molar-refractivity contribution < 1.29 is 14.3 Å². The summed E-state index contributed by atoms with van der Waals surface area (Å²) in [4.78, 5) is 11.2. The van der Waals surface area contributed by atoms with Crippen LogP contribution in [0.3, 0.4) is 0 Å². The van der Waals surface area contributed by atoms with Crippen molar-refractivity contribution in [2.75, 3.05) is 14.2 Å².